The molecule has 3 heterocycles. The molecule has 0 radical (unpaired) electrons. The van der Waals surface area contributed by atoms with Crippen LogP contribution in [-0.4, -0.2) is 26.5 Å². The van der Waals surface area contributed by atoms with E-state index in [1.165, 1.54) is 6.07 Å². The number of H-pyrrole nitrogens is 1. The average molecular weight is 328 g/mol. The Labute approximate surface area is 141 Å². The Bertz CT molecular complexity index is 804. The highest BCUT2D eigenvalue weighted by Gasteiger charge is 2.22. The second-order valence-corrected chi connectivity index (χ2v) is 7.02. The van der Waals surface area contributed by atoms with Crippen LogP contribution in [0.4, 0.5) is 0 Å². The van der Waals surface area contributed by atoms with Gasteiger partial charge in [0, 0.05) is 42.5 Å². The number of fused-ring (bicyclic) bond motifs is 1. The zero-order valence-electron chi connectivity index (χ0n) is 14.4. The molecule has 0 aliphatic carbocycles. The molecule has 0 bridgehead atoms. The van der Waals surface area contributed by atoms with Crippen molar-refractivity contribution in [3.8, 4) is 0 Å². The van der Waals surface area contributed by atoms with Crippen LogP contribution in [0.5, 0.6) is 0 Å². The highest BCUT2D eigenvalue weighted by atomic mass is 16.2. The fourth-order valence-corrected chi connectivity index (χ4v) is 3.25. The lowest BCUT2D eigenvalue weighted by Gasteiger charge is -2.24. The van der Waals surface area contributed by atoms with Crippen LogP contribution in [0.3, 0.4) is 0 Å². The number of aryl methyl sites for hydroxylation is 2. The Morgan fingerprint density at radius 2 is 2.25 bits per heavy atom. The maximum absolute atomic E-state index is 12.5. The Hall–Kier alpha value is -2.37. The van der Waals surface area contributed by atoms with Crippen LogP contribution < -0.4 is 10.9 Å². The van der Waals surface area contributed by atoms with Crippen molar-refractivity contribution in [1.29, 1.82) is 0 Å². The van der Waals surface area contributed by atoms with E-state index in [9.17, 15) is 9.59 Å². The molecule has 0 spiro atoms. The van der Waals surface area contributed by atoms with E-state index in [1.54, 1.807) is 6.07 Å². The smallest absolute Gasteiger partial charge is 0.251 e. The van der Waals surface area contributed by atoms with Crippen molar-refractivity contribution in [2.75, 3.05) is 0 Å². The van der Waals surface area contributed by atoms with Crippen molar-refractivity contribution in [2.24, 2.45) is 5.92 Å². The lowest BCUT2D eigenvalue weighted by Crippen LogP contribution is -2.41. The van der Waals surface area contributed by atoms with E-state index in [0.29, 0.717) is 11.5 Å². The number of imidazole rings is 1. The standard InChI is InChI=1S/C18H24N4O2/c1-11(2)6-15-7-13(8-17(23)20-15)18(24)21-14-4-5-16-19-12(3)9-22(16)10-14/h7-9,11,14H,4-6,10H2,1-3H3,(H,20,23)(H,21,24)/t14-/m0/s1. The molecular formula is C18H24N4O2. The van der Waals surface area contributed by atoms with Gasteiger partial charge in [-0.05, 0) is 31.7 Å². The Morgan fingerprint density at radius 1 is 1.46 bits per heavy atom. The van der Waals surface area contributed by atoms with Gasteiger partial charge in [0.05, 0.1) is 5.69 Å². The Kier molecular flexibility index (Phi) is 4.55. The largest absolute Gasteiger partial charge is 0.347 e. The summed E-state index contributed by atoms with van der Waals surface area (Å²) in [5.74, 6) is 1.31. The first kappa shape index (κ1) is 16.5. The molecular weight excluding hydrogens is 304 g/mol. The maximum Gasteiger partial charge on any atom is 0.251 e. The number of carbonyl (C=O) groups is 1. The number of hydrogen-bond acceptors (Lipinski definition) is 3. The Balaban J connectivity index is 1.71. The minimum atomic E-state index is -0.227. The molecule has 0 saturated heterocycles. The van der Waals surface area contributed by atoms with Gasteiger partial charge in [-0.25, -0.2) is 4.98 Å². The number of nitrogens with one attached hydrogen (secondary N) is 2. The lowest BCUT2D eigenvalue weighted by molar-refractivity contribution is 0.0927. The van der Waals surface area contributed by atoms with Crippen LogP contribution >= 0.6 is 0 Å². The molecule has 2 N–H and O–H groups in total. The number of carbonyl (C=O) groups excluding carboxylic acids is 1. The average Bonchev–Trinajstić information content (AvgIpc) is 2.85. The molecule has 2 aromatic rings. The van der Waals surface area contributed by atoms with Crippen LogP contribution in [0.1, 0.15) is 47.8 Å². The molecule has 0 unspecified atom stereocenters. The molecule has 3 rings (SSSR count). The molecule has 1 amide bonds. The van der Waals surface area contributed by atoms with Gasteiger partial charge in [-0.3, -0.25) is 9.59 Å². The van der Waals surface area contributed by atoms with Gasteiger partial charge in [-0.1, -0.05) is 13.8 Å². The summed E-state index contributed by atoms with van der Waals surface area (Å²) in [4.78, 5) is 31.6. The van der Waals surface area contributed by atoms with E-state index in [1.807, 2.05) is 13.1 Å². The lowest BCUT2D eigenvalue weighted by atomic mass is 10.0. The van der Waals surface area contributed by atoms with Crippen LogP contribution in [0, 0.1) is 12.8 Å². The predicted molar refractivity (Wildman–Crippen MR) is 92.1 cm³/mol. The molecule has 1 aliphatic rings. The van der Waals surface area contributed by atoms with E-state index in [-0.39, 0.29) is 17.5 Å². The van der Waals surface area contributed by atoms with Crippen molar-refractivity contribution in [3.63, 3.8) is 0 Å². The SMILES string of the molecule is Cc1cn2c(n1)CC[C@H](NC(=O)c1cc(CC(C)C)[nH]c(=O)c1)C2. The number of pyridine rings is 1. The van der Waals surface area contributed by atoms with E-state index >= 15 is 0 Å². The van der Waals surface area contributed by atoms with Gasteiger partial charge >= 0.3 is 0 Å². The van der Waals surface area contributed by atoms with Gasteiger partial charge in [0.1, 0.15) is 5.82 Å². The number of amides is 1. The second-order valence-electron chi connectivity index (χ2n) is 7.02. The molecule has 128 valence electrons. The first-order valence-electron chi connectivity index (χ1n) is 8.47. The molecule has 0 saturated carbocycles. The molecule has 1 atom stereocenters. The van der Waals surface area contributed by atoms with Gasteiger partial charge in [0.15, 0.2) is 0 Å². The zero-order chi connectivity index (χ0) is 17.3. The predicted octanol–water partition coefficient (Wildman–Crippen LogP) is 1.82. The first-order valence-corrected chi connectivity index (χ1v) is 8.47. The van der Waals surface area contributed by atoms with Gasteiger partial charge in [0.25, 0.3) is 5.91 Å². The fraction of sp³-hybridized carbons (Fsp3) is 0.500. The quantitative estimate of drug-likeness (QED) is 0.898. The minimum absolute atomic E-state index is 0.0615. The summed E-state index contributed by atoms with van der Waals surface area (Å²) >= 11 is 0. The van der Waals surface area contributed by atoms with Crippen molar-refractivity contribution >= 4 is 5.91 Å². The summed E-state index contributed by atoms with van der Waals surface area (Å²) < 4.78 is 2.10. The van der Waals surface area contributed by atoms with Crippen molar-refractivity contribution < 1.29 is 4.79 Å². The topological polar surface area (TPSA) is 79.8 Å². The van der Waals surface area contributed by atoms with E-state index in [4.69, 9.17) is 0 Å². The number of nitrogens with zero attached hydrogens (tertiary/aromatic N) is 2. The highest BCUT2D eigenvalue weighted by Crippen LogP contribution is 2.15. The molecule has 6 heteroatoms. The monoisotopic (exact) mass is 328 g/mol. The summed E-state index contributed by atoms with van der Waals surface area (Å²) in [5.41, 5.74) is 2.01. The third kappa shape index (κ3) is 3.75. The van der Waals surface area contributed by atoms with Gasteiger partial charge < -0.3 is 14.9 Å². The van der Waals surface area contributed by atoms with Crippen LogP contribution in [0.25, 0.3) is 0 Å². The normalized spacial score (nSPS) is 16.9. The molecule has 0 fully saturated rings. The van der Waals surface area contributed by atoms with E-state index in [2.05, 4.69) is 33.7 Å². The van der Waals surface area contributed by atoms with E-state index < -0.39 is 0 Å². The molecule has 1 aliphatic heterocycles. The number of hydrogen-bond donors (Lipinski definition) is 2. The van der Waals surface area contributed by atoms with Gasteiger partial charge in [-0.15, -0.1) is 0 Å². The van der Waals surface area contributed by atoms with E-state index in [0.717, 1.165) is 43.0 Å². The third-order valence-electron chi connectivity index (χ3n) is 4.24. The molecule has 6 nitrogen and oxygen atoms in total. The van der Waals surface area contributed by atoms with Crippen LogP contribution in [-0.2, 0) is 19.4 Å². The summed E-state index contributed by atoms with van der Waals surface area (Å²) in [6.45, 7) is 6.87. The van der Waals surface area contributed by atoms with Crippen molar-refractivity contribution in [2.45, 2.75) is 52.6 Å². The Morgan fingerprint density at radius 3 is 3.00 bits per heavy atom. The first-order chi connectivity index (χ1) is 11.4. The zero-order valence-corrected chi connectivity index (χ0v) is 14.4. The van der Waals surface area contributed by atoms with Gasteiger partial charge in [0.2, 0.25) is 5.56 Å². The fourth-order valence-electron chi connectivity index (χ4n) is 3.25. The molecule has 0 aromatic carbocycles. The number of rotatable bonds is 4. The van der Waals surface area contributed by atoms with Crippen molar-refractivity contribution in [3.05, 3.63) is 51.5 Å². The number of aromatic amines is 1. The summed E-state index contributed by atoms with van der Waals surface area (Å²) in [5, 5.41) is 3.05. The van der Waals surface area contributed by atoms with Crippen molar-refractivity contribution in [1.82, 2.24) is 19.9 Å². The minimum Gasteiger partial charge on any atom is -0.347 e. The van der Waals surface area contributed by atoms with Gasteiger partial charge in [-0.2, -0.15) is 0 Å². The maximum atomic E-state index is 12.5. The summed E-state index contributed by atoms with van der Waals surface area (Å²) in [6.07, 6.45) is 4.48. The summed E-state index contributed by atoms with van der Waals surface area (Å²) in [6, 6.07) is 3.22. The number of aromatic nitrogens is 3. The highest BCUT2D eigenvalue weighted by molar-refractivity contribution is 5.94. The summed E-state index contributed by atoms with van der Waals surface area (Å²) in [7, 11) is 0. The van der Waals surface area contributed by atoms with Crippen LogP contribution in [0.15, 0.2) is 23.1 Å². The second kappa shape index (κ2) is 6.63. The molecule has 2 aromatic heterocycles. The third-order valence-corrected chi connectivity index (χ3v) is 4.24. The molecule has 24 heavy (non-hydrogen) atoms. The van der Waals surface area contributed by atoms with Crippen LogP contribution in [0.2, 0.25) is 0 Å².